The number of rotatable bonds is 10. The third-order valence-electron chi connectivity index (χ3n) is 2.61. The summed E-state index contributed by atoms with van der Waals surface area (Å²) in [7, 11) is 1.56. The van der Waals surface area contributed by atoms with E-state index in [-0.39, 0.29) is 0 Å². The molecule has 0 radical (unpaired) electrons. The van der Waals surface area contributed by atoms with Crippen LogP contribution in [0.25, 0.3) is 0 Å². The second-order valence-corrected chi connectivity index (χ2v) is 5.82. The molecule has 1 aromatic heterocycles. The van der Waals surface area contributed by atoms with Gasteiger partial charge in [0.05, 0.1) is 7.11 Å². The number of aromatic nitrogens is 3. The summed E-state index contributed by atoms with van der Waals surface area (Å²) in [4.78, 5) is 12.8. The maximum atomic E-state index is 5.11. The largest absolute Gasteiger partial charge is 0.467 e. The lowest BCUT2D eigenvalue weighted by Gasteiger charge is -2.14. The SMILES string of the molecule is CCCNc1nc(NC(C)CCSCC)nc(OC)n1. The minimum Gasteiger partial charge on any atom is -0.467 e. The van der Waals surface area contributed by atoms with Crippen molar-refractivity contribution in [3.63, 3.8) is 0 Å². The summed E-state index contributed by atoms with van der Waals surface area (Å²) in [5.74, 6) is 3.39. The number of hydrogen-bond acceptors (Lipinski definition) is 7. The molecule has 0 aliphatic heterocycles. The molecule has 2 N–H and O–H groups in total. The van der Waals surface area contributed by atoms with E-state index in [0.29, 0.717) is 23.9 Å². The van der Waals surface area contributed by atoms with Crippen LogP contribution in [0.3, 0.4) is 0 Å². The molecule has 7 heteroatoms. The van der Waals surface area contributed by atoms with Crippen LogP contribution in [0.15, 0.2) is 0 Å². The smallest absolute Gasteiger partial charge is 0.322 e. The zero-order valence-corrected chi connectivity index (χ0v) is 13.6. The summed E-state index contributed by atoms with van der Waals surface area (Å²) in [6, 6.07) is 0.649. The third-order valence-corrected chi connectivity index (χ3v) is 3.54. The predicted molar refractivity (Wildman–Crippen MR) is 85.9 cm³/mol. The van der Waals surface area contributed by atoms with E-state index in [9.17, 15) is 0 Å². The Kier molecular flexibility index (Phi) is 8.10. The summed E-state index contributed by atoms with van der Waals surface area (Å²) in [6.45, 7) is 7.23. The number of nitrogens with one attached hydrogen (secondary N) is 2. The molecular weight excluding hydrogens is 274 g/mol. The van der Waals surface area contributed by atoms with Gasteiger partial charge in [0.15, 0.2) is 0 Å². The lowest BCUT2D eigenvalue weighted by Crippen LogP contribution is -2.19. The van der Waals surface area contributed by atoms with Crippen LogP contribution in [0, 0.1) is 0 Å². The first-order valence-corrected chi connectivity index (χ1v) is 8.23. The molecule has 1 aromatic rings. The lowest BCUT2D eigenvalue weighted by molar-refractivity contribution is 0.379. The summed E-state index contributed by atoms with van der Waals surface area (Å²) in [6.07, 6.45) is 2.09. The minimum absolute atomic E-state index is 0.320. The van der Waals surface area contributed by atoms with Gasteiger partial charge >= 0.3 is 6.01 Å². The molecule has 0 spiro atoms. The van der Waals surface area contributed by atoms with Gasteiger partial charge in [0.25, 0.3) is 0 Å². The van der Waals surface area contributed by atoms with Gasteiger partial charge in [-0.2, -0.15) is 26.7 Å². The number of thioether (sulfide) groups is 1. The first-order chi connectivity index (χ1) is 9.69. The van der Waals surface area contributed by atoms with Gasteiger partial charge in [-0.1, -0.05) is 13.8 Å². The second-order valence-electron chi connectivity index (χ2n) is 4.43. The molecule has 0 aliphatic carbocycles. The molecule has 0 saturated heterocycles. The quantitative estimate of drug-likeness (QED) is 0.643. The van der Waals surface area contributed by atoms with E-state index in [1.165, 1.54) is 0 Å². The average molecular weight is 299 g/mol. The fourth-order valence-corrected chi connectivity index (χ4v) is 2.33. The molecule has 20 heavy (non-hydrogen) atoms. The molecule has 1 heterocycles. The Labute approximate surface area is 125 Å². The van der Waals surface area contributed by atoms with E-state index in [1.54, 1.807) is 7.11 Å². The van der Waals surface area contributed by atoms with Crippen molar-refractivity contribution in [2.75, 3.05) is 35.8 Å². The lowest BCUT2D eigenvalue weighted by atomic mass is 10.3. The number of anilines is 2. The summed E-state index contributed by atoms with van der Waals surface area (Å²) >= 11 is 1.94. The van der Waals surface area contributed by atoms with Crippen molar-refractivity contribution in [1.29, 1.82) is 0 Å². The third kappa shape index (κ3) is 6.27. The van der Waals surface area contributed by atoms with E-state index in [0.717, 1.165) is 30.9 Å². The van der Waals surface area contributed by atoms with Gasteiger partial charge in [-0.3, -0.25) is 0 Å². The molecule has 0 bridgehead atoms. The number of hydrogen-bond donors (Lipinski definition) is 2. The van der Waals surface area contributed by atoms with Gasteiger partial charge in [-0.05, 0) is 31.3 Å². The molecule has 114 valence electrons. The van der Waals surface area contributed by atoms with Crippen molar-refractivity contribution in [3.8, 4) is 6.01 Å². The van der Waals surface area contributed by atoms with Crippen molar-refractivity contribution in [1.82, 2.24) is 15.0 Å². The molecule has 1 atom stereocenters. The second kappa shape index (κ2) is 9.63. The maximum absolute atomic E-state index is 5.11. The monoisotopic (exact) mass is 299 g/mol. The summed E-state index contributed by atoms with van der Waals surface area (Å²) in [5, 5.41) is 6.45. The van der Waals surface area contributed by atoms with Crippen molar-refractivity contribution in [3.05, 3.63) is 0 Å². The fourth-order valence-electron chi connectivity index (χ4n) is 1.53. The fraction of sp³-hybridized carbons (Fsp3) is 0.769. The van der Waals surface area contributed by atoms with Crippen LogP contribution in [0.2, 0.25) is 0 Å². The molecule has 0 aliphatic rings. The topological polar surface area (TPSA) is 72.0 Å². The highest BCUT2D eigenvalue weighted by atomic mass is 32.2. The zero-order valence-electron chi connectivity index (χ0n) is 12.8. The average Bonchev–Trinajstić information content (AvgIpc) is 2.45. The van der Waals surface area contributed by atoms with Gasteiger partial charge in [0, 0.05) is 12.6 Å². The van der Waals surface area contributed by atoms with Crippen molar-refractivity contribution < 1.29 is 4.74 Å². The van der Waals surface area contributed by atoms with Gasteiger partial charge in [0.1, 0.15) is 0 Å². The standard InChI is InChI=1S/C13H25N5OS/c1-5-8-14-11-16-12(18-13(17-11)19-4)15-10(3)7-9-20-6-2/h10H,5-9H2,1-4H3,(H2,14,15,16,17,18). The molecule has 0 amide bonds. The number of nitrogens with zero attached hydrogens (tertiary/aromatic N) is 3. The van der Waals surface area contributed by atoms with Crippen molar-refractivity contribution in [2.24, 2.45) is 0 Å². The Morgan fingerprint density at radius 1 is 1.20 bits per heavy atom. The van der Waals surface area contributed by atoms with Crippen molar-refractivity contribution in [2.45, 2.75) is 39.7 Å². The van der Waals surface area contributed by atoms with Crippen LogP contribution in [-0.4, -0.2) is 46.2 Å². The minimum atomic E-state index is 0.320. The first-order valence-electron chi connectivity index (χ1n) is 7.07. The van der Waals surface area contributed by atoms with Gasteiger partial charge in [0.2, 0.25) is 11.9 Å². The Bertz CT molecular complexity index is 391. The highest BCUT2D eigenvalue weighted by molar-refractivity contribution is 7.99. The van der Waals surface area contributed by atoms with Gasteiger partial charge in [-0.15, -0.1) is 0 Å². The van der Waals surface area contributed by atoms with Crippen LogP contribution in [-0.2, 0) is 0 Å². The van der Waals surface area contributed by atoms with Crippen LogP contribution < -0.4 is 15.4 Å². The van der Waals surface area contributed by atoms with Crippen LogP contribution in [0.5, 0.6) is 6.01 Å². The van der Waals surface area contributed by atoms with E-state index >= 15 is 0 Å². The summed E-state index contributed by atoms with van der Waals surface area (Å²) < 4.78 is 5.11. The van der Waals surface area contributed by atoms with Crippen LogP contribution >= 0.6 is 11.8 Å². The zero-order chi connectivity index (χ0) is 14.8. The molecule has 1 unspecified atom stereocenters. The van der Waals surface area contributed by atoms with E-state index in [4.69, 9.17) is 4.74 Å². The maximum Gasteiger partial charge on any atom is 0.322 e. The number of methoxy groups -OCH3 is 1. The molecule has 6 nitrogen and oxygen atoms in total. The Morgan fingerprint density at radius 3 is 2.60 bits per heavy atom. The van der Waals surface area contributed by atoms with E-state index < -0.39 is 0 Å². The molecular formula is C13H25N5OS. The Morgan fingerprint density at radius 2 is 1.95 bits per heavy atom. The first kappa shape index (κ1) is 16.8. The van der Waals surface area contributed by atoms with Crippen LogP contribution in [0.4, 0.5) is 11.9 Å². The highest BCUT2D eigenvalue weighted by Gasteiger charge is 2.09. The molecule has 0 fully saturated rings. The molecule has 1 rings (SSSR count). The highest BCUT2D eigenvalue weighted by Crippen LogP contribution is 2.13. The Balaban J connectivity index is 2.62. The van der Waals surface area contributed by atoms with Crippen molar-refractivity contribution >= 4 is 23.7 Å². The Hall–Kier alpha value is -1.24. The van der Waals surface area contributed by atoms with Gasteiger partial charge in [-0.25, -0.2) is 0 Å². The summed E-state index contributed by atoms with van der Waals surface area (Å²) in [5.41, 5.74) is 0. The molecule has 0 aromatic carbocycles. The van der Waals surface area contributed by atoms with Gasteiger partial charge < -0.3 is 15.4 Å². The van der Waals surface area contributed by atoms with E-state index in [2.05, 4.69) is 46.4 Å². The molecule has 0 saturated carbocycles. The van der Waals surface area contributed by atoms with Crippen LogP contribution in [0.1, 0.15) is 33.6 Å². The predicted octanol–water partition coefficient (Wildman–Crippen LogP) is 2.65. The number of ether oxygens (including phenoxy) is 1. The van der Waals surface area contributed by atoms with E-state index in [1.807, 2.05) is 11.8 Å². The normalized spacial score (nSPS) is 12.0.